The third-order valence-corrected chi connectivity index (χ3v) is 6.65. The minimum atomic E-state index is -3.96. The van der Waals surface area contributed by atoms with E-state index >= 15 is 0 Å². The van der Waals surface area contributed by atoms with E-state index < -0.39 is 28.1 Å². The third kappa shape index (κ3) is 4.97. The van der Waals surface area contributed by atoms with Crippen LogP contribution in [-0.4, -0.2) is 57.6 Å². The summed E-state index contributed by atoms with van der Waals surface area (Å²) in [5, 5.41) is 11.7. The second kappa shape index (κ2) is 9.71. The van der Waals surface area contributed by atoms with Gasteiger partial charge >= 0.3 is 0 Å². The summed E-state index contributed by atoms with van der Waals surface area (Å²) in [4.78, 5) is 12.8. The van der Waals surface area contributed by atoms with Gasteiger partial charge in [-0.1, -0.05) is 18.2 Å². The Kier molecular flexibility index (Phi) is 7.05. The first-order chi connectivity index (χ1) is 14.5. The number of nitriles is 1. The molecule has 1 saturated heterocycles. The van der Waals surface area contributed by atoms with Crippen LogP contribution in [0.4, 0.5) is 0 Å². The summed E-state index contributed by atoms with van der Waals surface area (Å²) in [6.07, 6.45) is -0.248. The maximum Gasteiger partial charge on any atom is 0.243 e. The first-order valence-electron chi connectivity index (χ1n) is 9.46. The lowest BCUT2D eigenvalue weighted by Gasteiger charge is -2.23. The van der Waals surface area contributed by atoms with Crippen LogP contribution >= 0.6 is 0 Å². The maximum atomic E-state index is 13.3. The molecule has 1 fully saturated rings. The van der Waals surface area contributed by atoms with E-state index in [1.54, 1.807) is 12.1 Å². The van der Waals surface area contributed by atoms with E-state index in [4.69, 9.17) is 14.7 Å². The molecule has 1 N–H and O–H groups in total. The number of ether oxygens (including phenoxy) is 2. The summed E-state index contributed by atoms with van der Waals surface area (Å²) in [6, 6.07) is 15.8. The van der Waals surface area contributed by atoms with Crippen molar-refractivity contribution < 1.29 is 22.7 Å². The predicted octanol–water partition coefficient (Wildman–Crippen LogP) is 1.53. The number of carbonyl (C=O) groups is 1. The number of rotatable bonds is 8. The number of hydrogen-bond acceptors (Lipinski definition) is 6. The number of amides is 1. The average Bonchev–Trinajstić information content (AvgIpc) is 3.19. The molecule has 2 aromatic rings. The molecule has 1 amide bonds. The monoisotopic (exact) mass is 429 g/mol. The molecule has 30 heavy (non-hydrogen) atoms. The fraction of sp³-hybridized carbons (Fsp3) is 0.333. The van der Waals surface area contributed by atoms with Crippen LogP contribution in [0.25, 0.3) is 0 Å². The molecule has 0 aromatic heterocycles. The van der Waals surface area contributed by atoms with Crippen molar-refractivity contribution in [1.29, 1.82) is 5.26 Å². The molecule has 0 unspecified atom stereocenters. The molecule has 0 bridgehead atoms. The lowest BCUT2D eigenvalue weighted by atomic mass is 10.2. The number of hydrogen-bond donors (Lipinski definition) is 1. The summed E-state index contributed by atoms with van der Waals surface area (Å²) in [5.41, 5.74) is 0.356. The highest BCUT2D eigenvalue weighted by Gasteiger charge is 2.44. The quantitative estimate of drug-likeness (QED) is 0.638. The van der Waals surface area contributed by atoms with E-state index in [0.29, 0.717) is 17.9 Å². The molecule has 1 heterocycles. The van der Waals surface area contributed by atoms with Crippen molar-refractivity contribution in [1.82, 2.24) is 9.62 Å². The Morgan fingerprint density at radius 2 is 1.90 bits per heavy atom. The molecule has 9 heteroatoms. The second-order valence-corrected chi connectivity index (χ2v) is 8.69. The van der Waals surface area contributed by atoms with Crippen molar-refractivity contribution in [2.45, 2.75) is 23.5 Å². The molecule has 2 aromatic carbocycles. The van der Waals surface area contributed by atoms with Crippen LogP contribution < -0.4 is 10.1 Å². The zero-order chi connectivity index (χ0) is 21.6. The second-order valence-electron chi connectivity index (χ2n) is 6.80. The summed E-state index contributed by atoms with van der Waals surface area (Å²) >= 11 is 0. The highest BCUT2D eigenvalue weighted by atomic mass is 32.2. The van der Waals surface area contributed by atoms with Gasteiger partial charge in [0.2, 0.25) is 15.9 Å². The molecule has 1 aliphatic rings. The van der Waals surface area contributed by atoms with Crippen LogP contribution in [0.1, 0.15) is 12.0 Å². The first kappa shape index (κ1) is 21.8. The number of nitrogens with one attached hydrogen (secondary N) is 1. The topological polar surface area (TPSA) is 109 Å². The van der Waals surface area contributed by atoms with Crippen LogP contribution in [-0.2, 0) is 19.6 Å². The molecule has 8 nitrogen and oxygen atoms in total. The van der Waals surface area contributed by atoms with Crippen LogP contribution in [0, 0.1) is 11.3 Å². The Hall–Kier alpha value is -2.93. The molecule has 1 aliphatic heterocycles. The minimum Gasteiger partial charge on any atom is -0.489 e. The van der Waals surface area contributed by atoms with Gasteiger partial charge in [0.25, 0.3) is 0 Å². The van der Waals surface area contributed by atoms with E-state index in [1.807, 2.05) is 24.3 Å². The third-order valence-electron chi connectivity index (χ3n) is 4.76. The summed E-state index contributed by atoms with van der Waals surface area (Å²) in [6.45, 7) is 0.644. The number of sulfonamides is 1. The Bertz CT molecular complexity index is 1000. The fourth-order valence-electron chi connectivity index (χ4n) is 3.28. The maximum absolute atomic E-state index is 13.3. The largest absolute Gasteiger partial charge is 0.489 e. The van der Waals surface area contributed by atoms with Gasteiger partial charge in [-0.05, 0) is 36.4 Å². The van der Waals surface area contributed by atoms with E-state index in [9.17, 15) is 13.2 Å². The van der Waals surface area contributed by atoms with Crippen molar-refractivity contribution in [2.24, 2.45) is 0 Å². The van der Waals surface area contributed by atoms with Gasteiger partial charge in [0.05, 0.1) is 29.7 Å². The Morgan fingerprint density at radius 1 is 1.20 bits per heavy atom. The van der Waals surface area contributed by atoms with Crippen molar-refractivity contribution in [2.75, 3.05) is 26.8 Å². The normalized spacial score (nSPS) is 19.2. The SMILES string of the molecule is COCCNC(=O)[C@@H]1C[C@H](Oc2ccccc2)CN1S(=O)(=O)c1ccc(C#N)cc1. The number of carbonyl (C=O) groups excluding carboxylic acids is 1. The van der Waals surface area contributed by atoms with Gasteiger partial charge < -0.3 is 14.8 Å². The Labute approximate surface area is 176 Å². The molecule has 0 spiro atoms. The number of para-hydroxylation sites is 1. The molecule has 0 radical (unpaired) electrons. The van der Waals surface area contributed by atoms with Gasteiger partial charge in [0.1, 0.15) is 17.9 Å². The number of methoxy groups -OCH3 is 1. The van der Waals surface area contributed by atoms with Crippen LogP contribution in [0.3, 0.4) is 0 Å². The van der Waals surface area contributed by atoms with Crippen molar-refractivity contribution >= 4 is 15.9 Å². The highest BCUT2D eigenvalue weighted by molar-refractivity contribution is 7.89. The lowest BCUT2D eigenvalue weighted by molar-refractivity contribution is -0.124. The number of nitrogens with zero attached hydrogens (tertiary/aromatic N) is 2. The number of benzene rings is 2. The average molecular weight is 429 g/mol. The van der Waals surface area contributed by atoms with Gasteiger partial charge in [-0.15, -0.1) is 0 Å². The van der Waals surface area contributed by atoms with E-state index in [2.05, 4.69) is 5.32 Å². The van der Waals surface area contributed by atoms with Crippen LogP contribution in [0.15, 0.2) is 59.5 Å². The molecule has 2 atom stereocenters. The van der Waals surface area contributed by atoms with Crippen molar-refractivity contribution in [3.05, 3.63) is 60.2 Å². The van der Waals surface area contributed by atoms with Crippen molar-refractivity contribution in [3.63, 3.8) is 0 Å². The van der Waals surface area contributed by atoms with Gasteiger partial charge in [0.15, 0.2) is 0 Å². The zero-order valence-corrected chi connectivity index (χ0v) is 17.3. The molecular formula is C21H23N3O5S. The van der Waals surface area contributed by atoms with Crippen LogP contribution in [0.5, 0.6) is 5.75 Å². The van der Waals surface area contributed by atoms with Crippen molar-refractivity contribution in [3.8, 4) is 11.8 Å². The fourth-order valence-corrected chi connectivity index (χ4v) is 4.91. The smallest absolute Gasteiger partial charge is 0.243 e. The van der Waals surface area contributed by atoms with Gasteiger partial charge in [-0.25, -0.2) is 8.42 Å². The minimum absolute atomic E-state index is 0.0246. The van der Waals surface area contributed by atoms with Gasteiger partial charge in [-0.3, -0.25) is 4.79 Å². The van der Waals surface area contributed by atoms with E-state index in [-0.39, 0.29) is 24.4 Å². The summed E-state index contributed by atoms with van der Waals surface area (Å²) < 4.78 is 38.6. The molecule has 0 saturated carbocycles. The van der Waals surface area contributed by atoms with E-state index in [0.717, 1.165) is 0 Å². The van der Waals surface area contributed by atoms with Gasteiger partial charge in [0, 0.05) is 20.1 Å². The molecule has 0 aliphatic carbocycles. The first-order valence-corrected chi connectivity index (χ1v) is 10.9. The predicted molar refractivity (Wildman–Crippen MR) is 109 cm³/mol. The van der Waals surface area contributed by atoms with E-state index in [1.165, 1.54) is 35.7 Å². The summed E-state index contributed by atoms with van der Waals surface area (Å²) in [7, 11) is -2.44. The Balaban J connectivity index is 1.84. The van der Waals surface area contributed by atoms with Gasteiger partial charge in [-0.2, -0.15) is 9.57 Å². The lowest BCUT2D eigenvalue weighted by Crippen LogP contribution is -2.46. The standard InChI is InChI=1S/C21H23N3O5S/c1-28-12-11-23-21(25)20-13-18(29-17-5-3-2-4-6-17)15-24(20)30(26,27)19-9-7-16(14-22)8-10-19/h2-10,18,20H,11-13,15H2,1H3,(H,23,25)/t18-,20-/m0/s1. The highest BCUT2D eigenvalue weighted by Crippen LogP contribution is 2.29. The molecule has 158 valence electrons. The molecule has 3 rings (SSSR count). The summed E-state index contributed by atoms with van der Waals surface area (Å²) in [5.74, 6) is 0.210. The Morgan fingerprint density at radius 3 is 2.53 bits per heavy atom. The molecular weight excluding hydrogens is 406 g/mol. The zero-order valence-electron chi connectivity index (χ0n) is 16.5. The van der Waals surface area contributed by atoms with Crippen LogP contribution in [0.2, 0.25) is 0 Å².